The van der Waals surface area contributed by atoms with E-state index in [1.54, 1.807) is 31.5 Å². The summed E-state index contributed by atoms with van der Waals surface area (Å²) in [5.74, 6) is 1.57. The van der Waals surface area contributed by atoms with Crippen molar-refractivity contribution in [3.05, 3.63) is 67.4 Å². The molecular weight excluding hydrogens is 370 g/mol. The van der Waals surface area contributed by atoms with E-state index in [9.17, 15) is 8.78 Å². The number of nitrogens with zero attached hydrogens (tertiary/aromatic N) is 2. The van der Waals surface area contributed by atoms with Crippen molar-refractivity contribution in [2.24, 2.45) is 0 Å². The first kappa shape index (κ1) is 19.0. The summed E-state index contributed by atoms with van der Waals surface area (Å²) in [6.45, 7) is 0.893. The zero-order valence-electron chi connectivity index (χ0n) is 14.6. The zero-order valence-corrected chi connectivity index (χ0v) is 15.5. The molecule has 7 heteroatoms. The summed E-state index contributed by atoms with van der Waals surface area (Å²) >= 11 is 1.54. The number of halogens is 2. The predicted molar refractivity (Wildman–Crippen MR) is 103 cm³/mol. The van der Waals surface area contributed by atoms with E-state index in [0.29, 0.717) is 5.75 Å². The molecule has 1 aromatic heterocycles. The van der Waals surface area contributed by atoms with Crippen molar-refractivity contribution in [3.8, 4) is 28.4 Å². The topological polar surface area (TPSA) is 36.3 Å². The van der Waals surface area contributed by atoms with E-state index in [1.807, 2.05) is 28.8 Å². The summed E-state index contributed by atoms with van der Waals surface area (Å²) in [4.78, 5) is 4.52. The molecule has 3 rings (SSSR count). The van der Waals surface area contributed by atoms with Crippen LogP contribution in [0.4, 0.5) is 8.78 Å². The van der Waals surface area contributed by atoms with Crippen LogP contribution in [0.1, 0.15) is 0 Å². The highest BCUT2D eigenvalue weighted by Gasteiger charge is 2.14. The first-order chi connectivity index (χ1) is 13.1. The molecule has 0 aliphatic heterocycles. The number of hydrogen-bond acceptors (Lipinski definition) is 4. The number of alkyl halides is 2. The van der Waals surface area contributed by atoms with Crippen molar-refractivity contribution in [3.63, 3.8) is 0 Å². The lowest BCUT2D eigenvalue weighted by molar-refractivity contribution is -0.0498. The van der Waals surface area contributed by atoms with Gasteiger partial charge in [-0.15, -0.1) is 6.58 Å². The molecule has 0 bridgehead atoms. The standard InChI is InChI=1S/C20H18F2N2O2S/c1-3-12-27-20-23-13-18(14-4-8-16(25-2)9-5-14)24(20)15-6-10-17(11-7-15)26-19(21)22/h3-11,13,19H,1,12H2,2H3. The fourth-order valence-electron chi connectivity index (χ4n) is 2.56. The average molecular weight is 388 g/mol. The summed E-state index contributed by atoms with van der Waals surface area (Å²) in [7, 11) is 1.62. The van der Waals surface area contributed by atoms with Crippen LogP contribution >= 0.6 is 11.8 Å². The number of ether oxygens (including phenoxy) is 2. The van der Waals surface area contributed by atoms with Crippen LogP contribution in [0.3, 0.4) is 0 Å². The Bertz CT molecular complexity index is 893. The van der Waals surface area contributed by atoms with Gasteiger partial charge in [0.1, 0.15) is 11.5 Å². The predicted octanol–water partition coefficient (Wildman–Crippen LogP) is 5.43. The third-order valence-electron chi connectivity index (χ3n) is 3.77. The zero-order chi connectivity index (χ0) is 19.2. The molecule has 27 heavy (non-hydrogen) atoms. The third kappa shape index (κ3) is 4.49. The minimum atomic E-state index is -2.85. The summed E-state index contributed by atoms with van der Waals surface area (Å²) in [5.41, 5.74) is 2.64. The Kier molecular flexibility index (Phi) is 6.13. The van der Waals surface area contributed by atoms with Crippen LogP contribution in [0.5, 0.6) is 11.5 Å². The Morgan fingerprint density at radius 2 is 1.78 bits per heavy atom. The molecule has 0 saturated carbocycles. The van der Waals surface area contributed by atoms with Gasteiger partial charge in [-0.1, -0.05) is 17.8 Å². The molecule has 0 spiro atoms. The Balaban J connectivity index is 2.02. The number of aromatic nitrogens is 2. The Labute approximate surface area is 160 Å². The van der Waals surface area contributed by atoms with E-state index in [0.717, 1.165) is 27.9 Å². The Morgan fingerprint density at radius 1 is 1.11 bits per heavy atom. The van der Waals surface area contributed by atoms with Crippen LogP contribution < -0.4 is 9.47 Å². The fraction of sp³-hybridized carbons (Fsp3) is 0.150. The molecule has 0 amide bonds. The van der Waals surface area contributed by atoms with Crippen LogP contribution in [-0.4, -0.2) is 29.0 Å². The number of methoxy groups -OCH3 is 1. The first-order valence-corrected chi connectivity index (χ1v) is 9.12. The highest BCUT2D eigenvalue weighted by molar-refractivity contribution is 7.99. The number of rotatable bonds is 8. The minimum absolute atomic E-state index is 0.111. The summed E-state index contributed by atoms with van der Waals surface area (Å²) in [6.07, 6.45) is 3.59. The van der Waals surface area contributed by atoms with Gasteiger partial charge in [-0.25, -0.2) is 4.98 Å². The fourth-order valence-corrected chi connectivity index (χ4v) is 3.29. The molecule has 0 radical (unpaired) electrons. The normalized spacial score (nSPS) is 10.8. The lowest BCUT2D eigenvalue weighted by Crippen LogP contribution is -2.03. The van der Waals surface area contributed by atoms with Crippen molar-refractivity contribution in [2.45, 2.75) is 11.8 Å². The van der Waals surface area contributed by atoms with Crippen molar-refractivity contribution >= 4 is 11.8 Å². The average Bonchev–Trinajstić information content (AvgIpc) is 3.10. The van der Waals surface area contributed by atoms with E-state index < -0.39 is 6.61 Å². The number of hydrogen-bond donors (Lipinski definition) is 0. The molecule has 1 heterocycles. The van der Waals surface area contributed by atoms with Crippen molar-refractivity contribution < 1.29 is 18.3 Å². The first-order valence-electron chi connectivity index (χ1n) is 8.13. The molecule has 2 aromatic carbocycles. The quantitative estimate of drug-likeness (QED) is 0.381. The summed E-state index contributed by atoms with van der Waals surface area (Å²) in [5, 5.41) is 0.781. The van der Waals surface area contributed by atoms with Gasteiger partial charge >= 0.3 is 6.61 Å². The molecule has 4 nitrogen and oxygen atoms in total. The maximum absolute atomic E-state index is 12.4. The molecule has 0 unspecified atom stereocenters. The van der Waals surface area contributed by atoms with E-state index in [-0.39, 0.29) is 5.75 Å². The van der Waals surface area contributed by atoms with Gasteiger partial charge in [0.15, 0.2) is 5.16 Å². The monoisotopic (exact) mass is 388 g/mol. The SMILES string of the molecule is C=CCSc1ncc(-c2ccc(OC)cc2)n1-c1ccc(OC(F)F)cc1. The van der Waals surface area contributed by atoms with E-state index in [1.165, 1.54) is 23.9 Å². The second kappa shape index (κ2) is 8.73. The van der Waals surface area contributed by atoms with Gasteiger partial charge in [0, 0.05) is 17.0 Å². The largest absolute Gasteiger partial charge is 0.497 e. The van der Waals surface area contributed by atoms with Gasteiger partial charge in [-0.05, 0) is 48.5 Å². The van der Waals surface area contributed by atoms with Gasteiger partial charge in [0.05, 0.1) is 19.0 Å². The van der Waals surface area contributed by atoms with Gasteiger partial charge in [-0.2, -0.15) is 8.78 Å². The van der Waals surface area contributed by atoms with Crippen LogP contribution in [0.25, 0.3) is 16.9 Å². The number of benzene rings is 2. The van der Waals surface area contributed by atoms with E-state index >= 15 is 0 Å². The molecule has 140 valence electrons. The second-order valence-corrected chi connectivity index (χ2v) is 6.45. The van der Waals surface area contributed by atoms with Gasteiger partial charge in [0.25, 0.3) is 0 Å². The molecule has 0 aliphatic carbocycles. The maximum atomic E-state index is 12.4. The van der Waals surface area contributed by atoms with Gasteiger partial charge < -0.3 is 9.47 Å². The third-order valence-corrected chi connectivity index (χ3v) is 4.71. The Morgan fingerprint density at radius 3 is 2.37 bits per heavy atom. The molecule has 0 N–H and O–H groups in total. The highest BCUT2D eigenvalue weighted by Crippen LogP contribution is 2.31. The molecule has 0 saturated heterocycles. The van der Waals surface area contributed by atoms with Crippen LogP contribution in [-0.2, 0) is 0 Å². The van der Waals surface area contributed by atoms with Crippen LogP contribution in [0.2, 0.25) is 0 Å². The lowest BCUT2D eigenvalue weighted by Gasteiger charge is -2.13. The van der Waals surface area contributed by atoms with Crippen molar-refractivity contribution in [1.29, 1.82) is 0 Å². The van der Waals surface area contributed by atoms with E-state index in [2.05, 4.69) is 16.3 Å². The van der Waals surface area contributed by atoms with Gasteiger partial charge in [-0.3, -0.25) is 4.57 Å². The molecule has 0 fully saturated rings. The maximum Gasteiger partial charge on any atom is 0.387 e. The molecule has 0 aliphatic rings. The van der Waals surface area contributed by atoms with Crippen molar-refractivity contribution in [2.75, 3.05) is 12.9 Å². The van der Waals surface area contributed by atoms with Crippen LogP contribution in [0, 0.1) is 0 Å². The molecular formula is C20H18F2N2O2S. The van der Waals surface area contributed by atoms with Gasteiger partial charge in [0.2, 0.25) is 0 Å². The van der Waals surface area contributed by atoms with E-state index in [4.69, 9.17) is 4.74 Å². The smallest absolute Gasteiger partial charge is 0.387 e. The minimum Gasteiger partial charge on any atom is -0.497 e. The summed E-state index contributed by atoms with van der Waals surface area (Å²) < 4.78 is 36.4. The lowest BCUT2D eigenvalue weighted by atomic mass is 10.1. The second-order valence-electron chi connectivity index (χ2n) is 5.46. The number of thioether (sulfide) groups is 1. The summed E-state index contributed by atoms with van der Waals surface area (Å²) in [6, 6.07) is 14.1. The molecule has 3 aromatic rings. The number of imidazole rings is 1. The van der Waals surface area contributed by atoms with Crippen LogP contribution in [0.15, 0.2) is 72.5 Å². The van der Waals surface area contributed by atoms with Crippen molar-refractivity contribution in [1.82, 2.24) is 9.55 Å². The highest BCUT2D eigenvalue weighted by atomic mass is 32.2. The Hall–Kier alpha value is -2.80. The molecule has 0 atom stereocenters.